The molecule has 0 radical (unpaired) electrons. The van der Waals surface area contributed by atoms with Crippen LogP contribution in [0.15, 0.2) is 47.8 Å². The topological polar surface area (TPSA) is 105 Å². The van der Waals surface area contributed by atoms with E-state index in [4.69, 9.17) is 15.2 Å². The molecule has 1 aromatic heterocycles. The highest BCUT2D eigenvalue weighted by atomic mass is 32.1. The lowest BCUT2D eigenvalue weighted by molar-refractivity contribution is -0.383. The third-order valence-electron chi connectivity index (χ3n) is 4.19. The van der Waals surface area contributed by atoms with Crippen LogP contribution in [0.1, 0.15) is 17.3 Å². The predicted octanol–water partition coefficient (Wildman–Crippen LogP) is 4.76. The molecule has 7 nitrogen and oxygen atoms in total. The maximum absolute atomic E-state index is 12.6. The third kappa shape index (κ3) is 3.54. The lowest BCUT2D eigenvalue weighted by Gasteiger charge is -2.15. The van der Waals surface area contributed by atoms with E-state index in [0.29, 0.717) is 27.3 Å². The number of nitro groups is 1. The highest BCUT2D eigenvalue weighted by Gasteiger charge is 2.30. The fourth-order valence-electron chi connectivity index (χ4n) is 2.93. The molecule has 0 aliphatic carbocycles. The van der Waals surface area contributed by atoms with Gasteiger partial charge in [0.25, 0.3) is 0 Å². The minimum absolute atomic E-state index is 0.0148. The van der Waals surface area contributed by atoms with Crippen molar-refractivity contribution in [2.75, 3.05) is 19.5 Å². The van der Waals surface area contributed by atoms with Crippen molar-refractivity contribution in [3.63, 3.8) is 0 Å². The first-order valence-corrected chi connectivity index (χ1v) is 9.32. The van der Waals surface area contributed by atoms with Crippen molar-refractivity contribution in [3.8, 4) is 27.3 Å². The lowest BCUT2D eigenvalue weighted by Crippen LogP contribution is -2.12. The van der Waals surface area contributed by atoms with Crippen LogP contribution in [-0.4, -0.2) is 24.6 Å². The van der Waals surface area contributed by atoms with Crippen molar-refractivity contribution in [2.45, 2.75) is 6.92 Å². The van der Waals surface area contributed by atoms with Crippen LogP contribution in [-0.2, 0) is 4.74 Å². The number of carbonyl (C=O) groups is 1. The summed E-state index contributed by atoms with van der Waals surface area (Å²) in [6.07, 6.45) is 0. The molecule has 0 unspecified atom stereocenters. The van der Waals surface area contributed by atoms with Crippen LogP contribution in [0, 0.1) is 10.1 Å². The molecular formula is C20H18N2O5S. The summed E-state index contributed by atoms with van der Waals surface area (Å²) >= 11 is 1.35. The maximum atomic E-state index is 12.6. The summed E-state index contributed by atoms with van der Waals surface area (Å²) in [6, 6.07) is 12.2. The monoisotopic (exact) mass is 398 g/mol. The van der Waals surface area contributed by atoms with Gasteiger partial charge in [0.15, 0.2) is 0 Å². The van der Waals surface area contributed by atoms with Gasteiger partial charge in [-0.1, -0.05) is 18.2 Å². The SMILES string of the molecule is CCOC(=O)c1c(-c2ccc(OC)cc2)cc(-c2cccs2)c([N+](=O)[O-])c1N. The molecule has 0 saturated heterocycles. The molecule has 0 spiro atoms. The molecular weight excluding hydrogens is 380 g/mol. The van der Waals surface area contributed by atoms with Gasteiger partial charge in [0.2, 0.25) is 0 Å². The molecule has 0 aliphatic rings. The number of hydrogen-bond donors (Lipinski definition) is 1. The zero-order valence-corrected chi connectivity index (χ0v) is 16.1. The number of nitrogens with two attached hydrogens (primary N) is 1. The number of nitrogen functional groups attached to an aromatic ring is 1. The van der Waals surface area contributed by atoms with Crippen molar-refractivity contribution in [1.29, 1.82) is 0 Å². The van der Waals surface area contributed by atoms with Gasteiger partial charge in [-0.2, -0.15) is 0 Å². The van der Waals surface area contributed by atoms with Gasteiger partial charge >= 0.3 is 11.7 Å². The number of nitrogens with zero attached hydrogens (tertiary/aromatic N) is 1. The fourth-order valence-corrected chi connectivity index (χ4v) is 3.67. The summed E-state index contributed by atoms with van der Waals surface area (Å²) < 4.78 is 10.3. The molecule has 1 heterocycles. The van der Waals surface area contributed by atoms with Crippen LogP contribution < -0.4 is 10.5 Å². The molecule has 28 heavy (non-hydrogen) atoms. The number of thiophene rings is 1. The largest absolute Gasteiger partial charge is 0.497 e. The van der Waals surface area contributed by atoms with Gasteiger partial charge in [-0.3, -0.25) is 10.1 Å². The van der Waals surface area contributed by atoms with Gasteiger partial charge in [0.1, 0.15) is 11.4 Å². The Morgan fingerprint density at radius 1 is 1.21 bits per heavy atom. The zero-order valence-electron chi connectivity index (χ0n) is 15.3. The standard InChI is InChI=1S/C20H18N2O5S/c1-3-27-20(23)17-14(12-6-8-13(26-2)9-7-12)11-15(16-5-4-10-28-16)19(18(17)21)22(24)25/h4-11H,3,21H2,1-2H3. The van der Waals surface area contributed by atoms with Gasteiger partial charge in [-0.25, -0.2) is 4.79 Å². The number of nitro benzene ring substituents is 1. The van der Waals surface area contributed by atoms with Crippen LogP contribution in [0.5, 0.6) is 5.75 Å². The molecule has 2 N–H and O–H groups in total. The first-order valence-electron chi connectivity index (χ1n) is 8.44. The van der Waals surface area contributed by atoms with E-state index in [-0.39, 0.29) is 23.5 Å². The van der Waals surface area contributed by atoms with E-state index in [1.54, 1.807) is 56.5 Å². The molecule has 144 valence electrons. The van der Waals surface area contributed by atoms with Crippen molar-refractivity contribution < 1.29 is 19.2 Å². The Balaban J connectivity index is 2.34. The Morgan fingerprint density at radius 2 is 1.93 bits per heavy atom. The summed E-state index contributed by atoms with van der Waals surface area (Å²) in [4.78, 5) is 24.5. The Kier molecular flexibility index (Phi) is 5.60. The van der Waals surface area contributed by atoms with E-state index in [1.165, 1.54) is 11.3 Å². The number of benzene rings is 2. The Morgan fingerprint density at radius 3 is 2.46 bits per heavy atom. The van der Waals surface area contributed by atoms with E-state index >= 15 is 0 Å². The molecule has 8 heteroatoms. The minimum atomic E-state index is -0.702. The number of ether oxygens (including phenoxy) is 2. The smallest absolute Gasteiger partial charge is 0.341 e. The van der Waals surface area contributed by atoms with Gasteiger partial charge in [0, 0.05) is 4.88 Å². The number of carbonyl (C=O) groups excluding carboxylic acids is 1. The lowest BCUT2D eigenvalue weighted by atomic mass is 9.93. The molecule has 3 rings (SSSR count). The molecule has 0 amide bonds. The summed E-state index contributed by atoms with van der Waals surface area (Å²) in [6.45, 7) is 1.79. The van der Waals surface area contributed by atoms with Crippen molar-refractivity contribution in [3.05, 3.63) is 63.5 Å². The normalized spacial score (nSPS) is 10.5. The van der Waals surface area contributed by atoms with Gasteiger partial charge in [0.05, 0.1) is 29.8 Å². The second-order valence-corrected chi connectivity index (χ2v) is 6.74. The van der Waals surface area contributed by atoms with Crippen molar-refractivity contribution in [1.82, 2.24) is 0 Å². The molecule has 0 atom stereocenters. The average Bonchev–Trinajstić information content (AvgIpc) is 3.21. The zero-order chi connectivity index (χ0) is 20.3. The Bertz CT molecular complexity index is 1010. The van der Waals surface area contributed by atoms with Crippen molar-refractivity contribution in [2.24, 2.45) is 0 Å². The number of esters is 1. The quantitative estimate of drug-likeness (QED) is 0.278. The number of hydrogen-bond acceptors (Lipinski definition) is 7. The highest BCUT2D eigenvalue weighted by Crippen LogP contribution is 2.44. The fraction of sp³-hybridized carbons (Fsp3) is 0.150. The molecule has 0 fully saturated rings. The minimum Gasteiger partial charge on any atom is -0.497 e. The first kappa shape index (κ1) is 19.4. The number of anilines is 1. The van der Waals surface area contributed by atoms with Crippen LogP contribution >= 0.6 is 11.3 Å². The van der Waals surface area contributed by atoms with E-state index in [0.717, 1.165) is 0 Å². The summed E-state index contributed by atoms with van der Waals surface area (Å²) in [7, 11) is 1.55. The van der Waals surface area contributed by atoms with E-state index in [2.05, 4.69) is 0 Å². The molecule has 0 saturated carbocycles. The maximum Gasteiger partial charge on any atom is 0.341 e. The number of rotatable bonds is 6. The van der Waals surface area contributed by atoms with Crippen molar-refractivity contribution >= 4 is 28.7 Å². The van der Waals surface area contributed by atoms with E-state index in [1.807, 2.05) is 5.38 Å². The van der Waals surface area contributed by atoms with Gasteiger partial charge in [-0.15, -0.1) is 11.3 Å². The Hall–Kier alpha value is -3.39. The predicted molar refractivity (Wildman–Crippen MR) is 109 cm³/mol. The average molecular weight is 398 g/mol. The summed E-state index contributed by atoms with van der Waals surface area (Å²) in [5.74, 6) is -0.0542. The van der Waals surface area contributed by atoms with Gasteiger partial charge < -0.3 is 15.2 Å². The number of methoxy groups -OCH3 is 1. The summed E-state index contributed by atoms with van der Waals surface area (Å²) in [5.41, 5.74) is 7.12. The van der Waals surface area contributed by atoms with Gasteiger partial charge in [-0.05, 0) is 47.7 Å². The molecule has 0 aliphatic heterocycles. The molecule has 0 bridgehead atoms. The molecule has 2 aromatic carbocycles. The molecule has 3 aromatic rings. The van der Waals surface area contributed by atoms with E-state index in [9.17, 15) is 14.9 Å². The van der Waals surface area contributed by atoms with Crippen LogP contribution in [0.3, 0.4) is 0 Å². The third-order valence-corrected chi connectivity index (χ3v) is 5.09. The summed E-state index contributed by atoms with van der Waals surface area (Å²) in [5, 5.41) is 13.6. The van der Waals surface area contributed by atoms with E-state index < -0.39 is 10.9 Å². The highest BCUT2D eigenvalue weighted by molar-refractivity contribution is 7.13. The second-order valence-electron chi connectivity index (χ2n) is 5.79. The van der Waals surface area contributed by atoms with Crippen LogP contribution in [0.2, 0.25) is 0 Å². The Labute approximate surface area is 165 Å². The van der Waals surface area contributed by atoms with Crippen LogP contribution in [0.4, 0.5) is 11.4 Å². The first-order chi connectivity index (χ1) is 13.5. The second kappa shape index (κ2) is 8.10. The van der Waals surface area contributed by atoms with Crippen LogP contribution in [0.25, 0.3) is 21.6 Å².